The van der Waals surface area contributed by atoms with Gasteiger partial charge < -0.3 is 4.18 Å². The van der Waals surface area contributed by atoms with Crippen molar-refractivity contribution >= 4 is 10.3 Å². The Kier molecular flexibility index (Phi) is 2.20. The van der Waals surface area contributed by atoms with Crippen LogP contribution in [0.2, 0.25) is 0 Å². The molecule has 4 nitrogen and oxygen atoms in total. The Morgan fingerprint density at radius 2 is 2.07 bits per heavy atom. The van der Waals surface area contributed by atoms with E-state index in [1.165, 1.54) is 12.8 Å². The third kappa shape index (κ3) is 2.46. The standard InChI is InChI=1S/C9H11NO3S/c10-14(11,12)13-9-3-1-2-8(6-9)7-4-5-7/h1-3,6-7H,4-5H2,(H2,10,11,12). The Labute approximate surface area is 82.9 Å². The van der Waals surface area contributed by atoms with Gasteiger partial charge in [0.05, 0.1) is 0 Å². The zero-order valence-electron chi connectivity index (χ0n) is 7.51. The summed E-state index contributed by atoms with van der Waals surface area (Å²) in [4.78, 5) is 0. The highest BCUT2D eigenvalue weighted by atomic mass is 32.2. The predicted molar refractivity (Wildman–Crippen MR) is 52.2 cm³/mol. The van der Waals surface area contributed by atoms with Gasteiger partial charge in [-0.1, -0.05) is 12.1 Å². The van der Waals surface area contributed by atoms with Gasteiger partial charge in [0.2, 0.25) is 0 Å². The molecule has 14 heavy (non-hydrogen) atoms. The maximum atomic E-state index is 10.7. The molecule has 1 aliphatic carbocycles. The van der Waals surface area contributed by atoms with Gasteiger partial charge in [-0.2, -0.15) is 13.6 Å². The van der Waals surface area contributed by atoms with Crippen LogP contribution in [0.15, 0.2) is 24.3 Å². The van der Waals surface area contributed by atoms with E-state index in [9.17, 15) is 8.42 Å². The molecule has 1 saturated carbocycles. The van der Waals surface area contributed by atoms with Crippen molar-refractivity contribution in [1.82, 2.24) is 0 Å². The van der Waals surface area contributed by atoms with E-state index in [1.54, 1.807) is 18.2 Å². The lowest BCUT2D eigenvalue weighted by Crippen LogP contribution is -2.18. The second kappa shape index (κ2) is 3.25. The number of rotatable bonds is 3. The van der Waals surface area contributed by atoms with Gasteiger partial charge in [0.15, 0.2) is 0 Å². The van der Waals surface area contributed by atoms with Gasteiger partial charge in [-0.3, -0.25) is 0 Å². The van der Waals surface area contributed by atoms with Gasteiger partial charge in [0.1, 0.15) is 5.75 Å². The zero-order chi connectivity index (χ0) is 10.2. The minimum Gasteiger partial charge on any atom is -0.371 e. The largest absolute Gasteiger partial charge is 0.380 e. The molecule has 5 heteroatoms. The van der Waals surface area contributed by atoms with Crippen LogP contribution in [0, 0.1) is 0 Å². The van der Waals surface area contributed by atoms with Crippen molar-refractivity contribution < 1.29 is 12.6 Å². The van der Waals surface area contributed by atoms with Crippen molar-refractivity contribution in [3.05, 3.63) is 29.8 Å². The molecule has 1 aromatic rings. The van der Waals surface area contributed by atoms with Crippen molar-refractivity contribution in [2.45, 2.75) is 18.8 Å². The van der Waals surface area contributed by atoms with Crippen LogP contribution in [-0.4, -0.2) is 8.42 Å². The molecule has 0 aromatic heterocycles. The SMILES string of the molecule is NS(=O)(=O)Oc1cccc(C2CC2)c1. The lowest BCUT2D eigenvalue weighted by atomic mass is 10.1. The Balaban J connectivity index is 2.21. The molecule has 2 N–H and O–H groups in total. The molecule has 0 aliphatic heterocycles. The highest BCUT2D eigenvalue weighted by Gasteiger charge is 2.23. The van der Waals surface area contributed by atoms with Crippen LogP contribution < -0.4 is 9.32 Å². The van der Waals surface area contributed by atoms with Gasteiger partial charge >= 0.3 is 10.3 Å². The normalized spacial score (nSPS) is 16.6. The Morgan fingerprint density at radius 3 is 2.64 bits per heavy atom. The molecule has 2 rings (SSSR count). The summed E-state index contributed by atoms with van der Waals surface area (Å²) in [6.07, 6.45) is 2.33. The second-order valence-electron chi connectivity index (χ2n) is 3.42. The highest BCUT2D eigenvalue weighted by molar-refractivity contribution is 7.84. The highest BCUT2D eigenvalue weighted by Crippen LogP contribution is 2.40. The van der Waals surface area contributed by atoms with E-state index in [4.69, 9.17) is 5.14 Å². The van der Waals surface area contributed by atoms with Crippen LogP contribution in [-0.2, 0) is 10.3 Å². The summed E-state index contributed by atoms with van der Waals surface area (Å²) in [5, 5.41) is 4.76. The van der Waals surface area contributed by atoms with Crippen molar-refractivity contribution in [2.24, 2.45) is 5.14 Å². The molecule has 0 unspecified atom stereocenters. The van der Waals surface area contributed by atoms with Gasteiger partial charge in [-0.05, 0) is 36.5 Å². The first-order valence-corrected chi connectivity index (χ1v) is 5.84. The maximum absolute atomic E-state index is 10.7. The first-order chi connectivity index (χ1) is 6.54. The molecule has 0 bridgehead atoms. The van der Waals surface area contributed by atoms with E-state index in [-0.39, 0.29) is 5.75 Å². The summed E-state index contributed by atoms with van der Waals surface area (Å²) in [7, 11) is -3.90. The van der Waals surface area contributed by atoms with Crippen LogP contribution in [0.5, 0.6) is 5.75 Å². The van der Waals surface area contributed by atoms with Crippen LogP contribution in [0.4, 0.5) is 0 Å². The molecule has 76 valence electrons. The fourth-order valence-electron chi connectivity index (χ4n) is 1.37. The van der Waals surface area contributed by atoms with E-state index >= 15 is 0 Å². The van der Waals surface area contributed by atoms with E-state index in [0.717, 1.165) is 5.56 Å². The average Bonchev–Trinajstić information content (AvgIpc) is 2.83. The van der Waals surface area contributed by atoms with Gasteiger partial charge in [-0.25, -0.2) is 0 Å². The van der Waals surface area contributed by atoms with E-state index in [0.29, 0.717) is 5.92 Å². The summed E-state index contributed by atoms with van der Waals surface area (Å²) < 4.78 is 25.9. The molecule has 0 saturated heterocycles. The topological polar surface area (TPSA) is 69.4 Å². The lowest BCUT2D eigenvalue weighted by molar-refractivity contribution is 0.487. The van der Waals surface area contributed by atoms with Crippen LogP contribution in [0.25, 0.3) is 0 Å². The summed E-state index contributed by atoms with van der Waals surface area (Å²) in [5.41, 5.74) is 1.12. The number of nitrogens with two attached hydrogens (primary N) is 1. The van der Waals surface area contributed by atoms with E-state index < -0.39 is 10.3 Å². The fourth-order valence-corrected chi connectivity index (χ4v) is 1.74. The van der Waals surface area contributed by atoms with Gasteiger partial charge in [0, 0.05) is 0 Å². The van der Waals surface area contributed by atoms with Crippen LogP contribution in [0.1, 0.15) is 24.3 Å². The minimum atomic E-state index is -3.90. The number of benzene rings is 1. The fraction of sp³-hybridized carbons (Fsp3) is 0.333. The lowest BCUT2D eigenvalue weighted by Gasteiger charge is -2.03. The molecule has 0 heterocycles. The minimum absolute atomic E-state index is 0.289. The monoisotopic (exact) mass is 213 g/mol. The molecule has 0 amide bonds. The quantitative estimate of drug-likeness (QED) is 0.818. The summed E-state index contributed by atoms with van der Waals surface area (Å²) in [5.74, 6) is 0.857. The van der Waals surface area contributed by atoms with Crippen molar-refractivity contribution in [2.75, 3.05) is 0 Å². The molecule has 1 fully saturated rings. The molecular formula is C9H11NO3S. The number of hydrogen-bond acceptors (Lipinski definition) is 3. The molecule has 1 aliphatic rings. The Hall–Kier alpha value is -1.07. The second-order valence-corrected chi connectivity index (χ2v) is 4.58. The first-order valence-electron chi connectivity index (χ1n) is 4.37. The third-order valence-corrected chi connectivity index (χ3v) is 2.54. The van der Waals surface area contributed by atoms with Gasteiger partial charge in [-0.15, -0.1) is 0 Å². The van der Waals surface area contributed by atoms with Crippen molar-refractivity contribution in [1.29, 1.82) is 0 Å². The first kappa shape index (κ1) is 9.48. The molecule has 0 spiro atoms. The van der Waals surface area contributed by atoms with Crippen LogP contribution in [0.3, 0.4) is 0 Å². The van der Waals surface area contributed by atoms with Crippen molar-refractivity contribution in [3.8, 4) is 5.75 Å². The van der Waals surface area contributed by atoms with E-state index in [1.807, 2.05) is 6.07 Å². The average molecular weight is 213 g/mol. The van der Waals surface area contributed by atoms with Gasteiger partial charge in [0.25, 0.3) is 0 Å². The molecule has 0 atom stereocenters. The molecular weight excluding hydrogens is 202 g/mol. The summed E-state index contributed by atoms with van der Waals surface area (Å²) >= 11 is 0. The summed E-state index contributed by atoms with van der Waals surface area (Å²) in [6.45, 7) is 0. The Bertz CT molecular complexity index is 437. The third-order valence-electron chi connectivity index (χ3n) is 2.12. The summed E-state index contributed by atoms with van der Waals surface area (Å²) in [6, 6.07) is 7.04. The molecule has 1 aromatic carbocycles. The Morgan fingerprint density at radius 1 is 1.36 bits per heavy atom. The van der Waals surface area contributed by atoms with Crippen molar-refractivity contribution in [3.63, 3.8) is 0 Å². The smallest absolute Gasteiger partial charge is 0.371 e. The number of hydrogen-bond donors (Lipinski definition) is 1. The maximum Gasteiger partial charge on any atom is 0.380 e. The predicted octanol–water partition coefficient (Wildman–Crippen LogP) is 1.15. The van der Waals surface area contributed by atoms with E-state index in [2.05, 4.69) is 4.18 Å². The zero-order valence-corrected chi connectivity index (χ0v) is 8.33. The molecule has 0 radical (unpaired) electrons. The van der Waals surface area contributed by atoms with Crippen LogP contribution >= 0.6 is 0 Å².